The maximum absolute atomic E-state index is 14.3. The number of unbranched alkanes of at least 4 members (excludes halogenated alkanes) is 1. The zero-order chi connectivity index (χ0) is 32.3. The van der Waals surface area contributed by atoms with Crippen LogP contribution >= 0.6 is 0 Å². The van der Waals surface area contributed by atoms with Crippen molar-refractivity contribution in [3.8, 4) is 22.9 Å². The van der Waals surface area contributed by atoms with E-state index in [-0.39, 0.29) is 12.0 Å². The van der Waals surface area contributed by atoms with E-state index in [9.17, 15) is 14.7 Å². The summed E-state index contributed by atoms with van der Waals surface area (Å²) in [5.74, 6) is 1.89. The first-order chi connectivity index (χ1) is 21.8. The topological polar surface area (TPSA) is 90.7 Å². The van der Waals surface area contributed by atoms with Gasteiger partial charge in [-0.3, -0.25) is 14.2 Å². The number of aliphatic carboxylic acids is 1. The summed E-state index contributed by atoms with van der Waals surface area (Å²) in [6.07, 6.45) is 6.50. The zero-order valence-electron chi connectivity index (χ0n) is 27.3. The molecule has 0 aliphatic rings. The maximum Gasteiger partial charge on any atom is 0.307 e. The Morgan fingerprint density at radius 3 is 2.13 bits per heavy atom. The van der Waals surface area contributed by atoms with Gasteiger partial charge in [-0.25, -0.2) is 4.98 Å². The van der Waals surface area contributed by atoms with E-state index in [2.05, 4.69) is 32.9 Å². The number of rotatable bonds is 16. The Balaban J connectivity index is 1.82. The number of hydrogen-bond donors (Lipinski definition) is 1. The predicted molar refractivity (Wildman–Crippen MR) is 179 cm³/mol. The summed E-state index contributed by atoms with van der Waals surface area (Å²) in [4.78, 5) is 30.8. The van der Waals surface area contributed by atoms with E-state index >= 15 is 0 Å². The fraction of sp³-hybridized carbons (Fsp3) is 0.395. The number of carbonyl (C=O) groups is 1. The molecule has 4 aromatic rings. The second-order valence-electron chi connectivity index (χ2n) is 11.5. The molecule has 0 saturated carbocycles. The lowest BCUT2D eigenvalue weighted by molar-refractivity contribution is -0.136. The van der Waals surface area contributed by atoms with Gasteiger partial charge in [0, 0.05) is 17.5 Å². The van der Waals surface area contributed by atoms with Crippen LogP contribution in [0, 0.1) is 6.92 Å². The highest BCUT2D eigenvalue weighted by atomic mass is 16.5. The third-order valence-electron chi connectivity index (χ3n) is 7.85. The Morgan fingerprint density at radius 1 is 0.867 bits per heavy atom. The van der Waals surface area contributed by atoms with Gasteiger partial charge in [0.2, 0.25) is 0 Å². The van der Waals surface area contributed by atoms with E-state index in [1.54, 1.807) is 10.6 Å². The summed E-state index contributed by atoms with van der Waals surface area (Å²) < 4.78 is 13.9. The van der Waals surface area contributed by atoms with Gasteiger partial charge in [0.05, 0.1) is 24.4 Å². The zero-order valence-corrected chi connectivity index (χ0v) is 27.3. The van der Waals surface area contributed by atoms with E-state index in [0.29, 0.717) is 35.7 Å². The number of para-hydroxylation sites is 1. The second-order valence-corrected chi connectivity index (χ2v) is 11.5. The van der Waals surface area contributed by atoms with E-state index in [0.717, 1.165) is 84.5 Å². The molecular formula is C38H46N2O5. The number of ether oxygens (including phenoxy) is 2. The Morgan fingerprint density at radius 2 is 1.53 bits per heavy atom. The minimum Gasteiger partial charge on any atom is -0.494 e. The maximum atomic E-state index is 14.3. The third-order valence-corrected chi connectivity index (χ3v) is 7.85. The van der Waals surface area contributed by atoms with Crippen molar-refractivity contribution in [3.63, 3.8) is 0 Å². The smallest absolute Gasteiger partial charge is 0.307 e. The lowest BCUT2D eigenvalue weighted by Gasteiger charge is -2.20. The van der Waals surface area contributed by atoms with Crippen LogP contribution in [0.5, 0.6) is 17.2 Å². The fourth-order valence-corrected chi connectivity index (χ4v) is 5.81. The molecule has 238 valence electrons. The Hall–Kier alpha value is -4.39. The SMILES string of the molecule is CCCCc1nc(C)n(-c2ccc(OCC)cc2)c(=O)c1Cc1cc(CCC)c(Oc2ccccc2CC(=O)O)c(CCC)c1. The highest BCUT2D eigenvalue weighted by Crippen LogP contribution is 2.35. The van der Waals surface area contributed by atoms with Gasteiger partial charge in [0.1, 0.15) is 23.1 Å². The molecular weight excluding hydrogens is 564 g/mol. The molecule has 0 aliphatic carbocycles. The van der Waals surface area contributed by atoms with E-state index in [4.69, 9.17) is 14.5 Å². The molecule has 4 rings (SSSR count). The van der Waals surface area contributed by atoms with Crippen LogP contribution in [-0.2, 0) is 36.9 Å². The normalized spacial score (nSPS) is 11.0. The quantitative estimate of drug-likeness (QED) is 0.138. The van der Waals surface area contributed by atoms with Crippen molar-refractivity contribution in [1.29, 1.82) is 0 Å². The van der Waals surface area contributed by atoms with Crippen molar-refractivity contribution >= 4 is 5.97 Å². The largest absolute Gasteiger partial charge is 0.494 e. The third kappa shape index (κ3) is 8.41. The van der Waals surface area contributed by atoms with E-state index < -0.39 is 5.97 Å². The molecule has 7 nitrogen and oxygen atoms in total. The molecule has 0 spiro atoms. The van der Waals surface area contributed by atoms with Gasteiger partial charge in [0.15, 0.2) is 0 Å². The monoisotopic (exact) mass is 610 g/mol. The average Bonchev–Trinajstić information content (AvgIpc) is 3.01. The molecule has 0 radical (unpaired) electrons. The Kier molecular flexibility index (Phi) is 12.0. The van der Waals surface area contributed by atoms with Crippen molar-refractivity contribution in [2.24, 2.45) is 0 Å². The predicted octanol–water partition coefficient (Wildman–Crippen LogP) is 8.20. The molecule has 0 atom stereocenters. The standard InChI is InChI=1S/C38H46N2O5/c1-6-10-16-34-33(38(43)40(26(5)39-34)31-18-20-32(21-19-31)44-9-4)24-27-22-29(13-7-2)37(30(23-27)14-8-3)45-35-17-12-11-15-28(35)25-36(41)42/h11-12,15,17-23H,6-10,13-14,16,24-25H2,1-5H3,(H,41,42). The van der Waals surface area contributed by atoms with Crippen LogP contribution in [0.1, 0.15) is 92.7 Å². The number of aromatic nitrogens is 2. The molecule has 1 heterocycles. The van der Waals surface area contributed by atoms with Gasteiger partial charge < -0.3 is 14.6 Å². The highest BCUT2D eigenvalue weighted by Gasteiger charge is 2.20. The summed E-state index contributed by atoms with van der Waals surface area (Å²) >= 11 is 0. The number of hydrogen-bond acceptors (Lipinski definition) is 5. The van der Waals surface area contributed by atoms with Crippen LogP contribution in [0.2, 0.25) is 0 Å². The van der Waals surface area contributed by atoms with Gasteiger partial charge in [0.25, 0.3) is 5.56 Å². The van der Waals surface area contributed by atoms with Crippen molar-refractivity contribution < 1.29 is 19.4 Å². The number of aryl methyl sites for hydroxylation is 4. The van der Waals surface area contributed by atoms with Crippen LogP contribution < -0.4 is 15.0 Å². The highest BCUT2D eigenvalue weighted by molar-refractivity contribution is 5.71. The summed E-state index contributed by atoms with van der Waals surface area (Å²) in [6, 6.07) is 19.2. The van der Waals surface area contributed by atoms with Crippen molar-refractivity contribution in [2.75, 3.05) is 6.61 Å². The lowest BCUT2D eigenvalue weighted by atomic mass is 9.94. The van der Waals surface area contributed by atoms with Crippen LogP contribution in [0.3, 0.4) is 0 Å². The fourth-order valence-electron chi connectivity index (χ4n) is 5.81. The number of carboxylic acids is 1. The molecule has 0 saturated heterocycles. The molecule has 3 aromatic carbocycles. The minimum atomic E-state index is -0.898. The van der Waals surface area contributed by atoms with Gasteiger partial charge in [-0.05, 0) is 86.6 Å². The molecule has 0 amide bonds. The van der Waals surface area contributed by atoms with Crippen LogP contribution in [0.4, 0.5) is 0 Å². The number of carboxylic acid groups (broad SMARTS) is 1. The molecule has 0 fully saturated rings. The van der Waals surface area contributed by atoms with Gasteiger partial charge in [-0.1, -0.05) is 70.4 Å². The number of nitrogens with zero attached hydrogens (tertiary/aromatic N) is 2. The summed E-state index contributed by atoms with van der Waals surface area (Å²) in [6.45, 7) is 10.8. The van der Waals surface area contributed by atoms with Crippen molar-refractivity contribution in [2.45, 2.75) is 92.4 Å². The first-order valence-corrected chi connectivity index (χ1v) is 16.3. The molecule has 1 aromatic heterocycles. The summed E-state index contributed by atoms with van der Waals surface area (Å²) in [5.41, 5.74) is 6.10. The molecule has 0 unspecified atom stereocenters. The molecule has 45 heavy (non-hydrogen) atoms. The summed E-state index contributed by atoms with van der Waals surface area (Å²) in [5, 5.41) is 9.46. The number of benzene rings is 3. The van der Waals surface area contributed by atoms with Crippen molar-refractivity contribution in [3.05, 3.63) is 110 Å². The van der Waals surface area contributed by atoms with Crippen molar-refractivity contribution in [1.82, 2.24) is 9.55 Å². The summed E-state index contributed by atoms with van der Waals surface area (Å²) in [7, 11) is 0. The molecule has 0 bridgehead atoms. The van der Waals surface area contributed by atoms with Gasteiger partial charge in [-0.2, -0.15) is 0 Å². The first-order valence-electron chi connectivity index (χ1n) is 16.3. The van der Waals surface area contributed by atoms with Crippen LogP contribution in [0.25, 0.3) is 5.69 Å². The first kappa shape index (κ1) is 33.5. The average molecular weight is 611 g/mol. The molecule has 1 N–H and O–H groups in total. The minimum absolute atomic E-state index is 0.0465. The van der Waals surface area contributed by atoms with E-state index in [1.807, 2.05) is 56.3 Å². The Bertz CT molecular complexity index is 1630. The van der Waals surface area contributed by atoms with Crippen LogP contribution in [-0.4, -0.2) is 27.2 Å². The van der Waals surface area contributed by atoms with E-state index in [1.165, 1.54) is 0 Å². The molecule has 0 aliphatic heterocycles. The Labute approximate surface area is 266 Å². The van der Waals surface area contributed by atoms with Crippen LogP contribution in [0.15, 0.2) is 65.5 Å². The van der Waals surface area contributed by atoms with Gasteiger partial charge >= 0.3 is 5.97 Å². The molecule has 7 heteroatoms. The lowest BCUT2D eigenvalue weighted by Crippen LogP contribution is -2.28. The second kappa shape index (κ2) is 16.1. The van der Waals surface area contributed by atoms with Gasteiger partial charge in [-0.15, -0.1) is 0 Å².